The van der Waals surface area contributed by atoms with Crippen LogP contribution in [-0.2, 0) is 10.2 Å². The average molecular weight is 347 g/mol. The maximum atomic E-state index is 12.8. The molecule has 1 unspecified atom stereocenters. The molecule has 1 aliphatic heterocycles. The summed E-state index contributed by atoms with van der Waals surface area (Å²) in [4.78, 5) is 26.0. The monoisotopic (exact) mass is 347 g/mol. The topological polar surface area (TPSA) is 66.8 Å². The second-order valence-electron chi connectivity index (χ2n) is 8.79. The first-order valence-electron chi connectivity index (χ1n) is 8.71. The lowest BCUT2D eigenvalue weighted by Crippen LogP contribution is -2.50. The summed E-state index contributed by atoms with van der Waals surface area (Å²) >= 11 is 0. The molecule has 0 fully saturated rings. The lowest BCUT2D eigenvalue weighted by Gasteiger charge is -2.46. The van der Waals surface area contributed by atoms with E-state index in [2.05, 4.69) is 13.8 Å². The van der Waals surface area contributed by atoms with Gasteiger partial charge in [0.05, 0.1) is 11.6 Å². The summed E-state index contributed by atoms with van der Waals surface area (Å²) in [6, 6.07) is 5.08. The Balaban J connectivity index is 2.54. The van der Waals surface area contributed by atoms with Crippen LogP contribution in [0.15, 0.2) is 18.2 Å². The fourth-order valence-corrected chi connectivity index (χ4v) is 3.53. The molecule has 1 aliphatic rings. The predicted molar refractivity (Wildman–Crippen MR) is 96.9 cm³/mol. The molecule has 0 spiro atoms. The van der Waals surface area contributed by atoms with Crippen LogP contribution in [0, 0.1) is 5.92 Å². The Kier molecular flexibility index (Phi) is 4.90. The number of aromatic carboxylic acids is 1. The highest BCUT2D eigenvalue weighted by Gasteiger charge is 2.42. The summed E-state index contributed by atoms with van der Waals surface area (Å²) in [5, 5.41) is 9.31. The highest BCUT2D eigenvalue weighted by Crippen LogP contribution is 2.43. The minimum Gasteiger partial charge on any atom is -0.478 e. The predicted octanol–water partition coefficient (Wildman–Crippen LogP) is 4.61. The van der Waals surface area contributed by atoms with Crippen molar-refractivity contribution in [3.63, 3.8) is 0 Å². The van der Waals surface area contributed by atoms with Crippen LogP contribution in [0.4, 0.5) is 4.79 Å². The van der Waals surface area contributed by atoms with Crippen molar-refractivity contribution in [2.24, 2.45) is 5.92 Å². The number of hydrogen-bond acceptors (Lipinski definition) is 3. The van der Waals surface area contributed by atoms with E-state index >= 15 is 0 Å². The van der Waals surface area contributed by atoms with Crippen molar-refractivity contribution >= 4 is 12.1 Å². The molecule has 2 rings (SSSR count). The van der Waals surface area contributed by atoms with Gasteiger partial charge in [-0.1, -0.05) is 33.8 Å². The van der Waals surface area contributed by atoms with Crippen molar-refractivity contribution in [2.45, 2.75) is 65.5 Å². The van der Waals surface area contributed by atoms with E-state index in [1.54, 1.807) is 17.0 Å². The van der Waals surface area contributed by atoms with Crippen LogP contribution in [-0.4, -0.2) is 34.2 Å². The molecular weight excluding hydrogens is 318 g/mol. The van der Waals surface area contributed by atoms with Crippen molar-refractivity contribution in [1.82, 2.24) is 4.90 Å². The fourth-order valence-electron chi connectivity index (χ4n) is 3.53. The maximum Gasteiger partial charge on any atom is 0.410 e. The number of hydrogen-bond donors (Lipinski definition) is 1. The van der Waals surface area contributed by atoms with Gasteiger partial charge in [0.15, 0.2) is 0 Å². The maximum absolute atomic E-state index is 12.8. The molecule has 0 aromatic heterocycles. The molecule has 1 aromatic carbocycles. The molecular formula is C20H29NO4. The third-order valence-corrected chi connectivity index (χ3v) is 4.51. The highest BCUT2D eigenvalue weighted by atomic mass is 16.6. The quantitative estimate of drug-likeness (QED) is 0.848. The zero-order valence-corrected chi connectivity index (χ0v) is 16.2. The van der Waals surface area contributed by atoms with Gasteiger partial charge >= 0.3 is 12.1 Å². The average Bonchev–Trinajstić information content (AvgIpc) is 2.43. The number of carboxylic acid groups (broad SMARTS) is 1. The van der Waals surface area contributed by atoms with Gasteiger partial charge in [0.2, 0.25) is 0 Å². The van der Waals surface area contributed by atoms with Crippen molar-refractivity contribution < 1.29 is 19.4 Å². The summed E-state index contributed by atoms with van der Waals surface area (Å²) in [7, 11) is 0. The summed E-state index contributed by atoms with van der Waals surface area (Å²) in [5.74, 6) is -0.757. The van der Waals surface area contributed by atoms with Crippen molar-refractivity contribution in [2.75, 3.05) is 6.54 Å². The Hall–Kier alpha value is -2.04. The largest absolute Gasteiger partial charge is 0.478 e. The van der Waals surface area contributed by atoms with E-state index in [1.165, 1.54) is 0 Å². The molecule has 1 heterocycles. The summed E-state index contributed by atoms with van der Waals surface area (Å²) < 4.78 is 5.62. The third-order valence-electron chi connectivity index (χ3n) is 4.51. The Morgan fingerprint density at radius 3 is 2.36 bits per heavy atom. The smallest absolute Gasteiger partial charge is 0.410 e. The Labute approximate surface area is 150 Å². The Morgan fingerprint density at radius 2 is 1.88 bits per heavy atom. The molecule has 25 heavy (non-hydrogen) atoms. The summed E-state index contributed by atoms with van der Waals surface area (Å²) in [6.45, 7) is 14.3. The van der Waals surface area contributed by atoms with E-state index in [9.17, 15) is 14.7 Å². The first-order valence-corrected chi connectivity index (χ1v) is 8.71. The normalized spacial score (nSPS) is 19.5. The molecule has 1 aromatic rings. The van der Waals surface area contributed by atoms with Gasteiger partial charge in [0, 0.05) is 12.0 Å². The number of rotatable bonds is 2. The molecule has 138 valence electrons. The minimum absolute atomic E-state index is 0.138. The van der Waals surface area contributed by atoms with E-state index < -0.39 is 11.6 Å². The fraction of sp³-hybridized carbons (Fsp3) is 0.600. The molecule has 5 nitrogen and oxygen atoms in total. The number of nitrogens with zero attached hydrogens (tertiary/aromatic N) is 1. The number of amides is 1. The minimum atomic E-state index is -0.936. The first kappa shape index (κ1) is 19.3. The highest BCUT2D eigenvalue weighted by molar-refractivity contribution is 5.88. The molecule has 0 bridgehead atoms. The molecule has 0 radical (unpaired) electrons. The summed E-state index contributed by atoms with van der Waals surface area (Å²) in [6.07, 6.45) is -0.327. The van der Waals surface area contributed by atoms with Gasteiger partial charge in [-0.25, -0.2) is 9.59 Å². The molecule has 0 saturated heterocycles. The van der Waals surface area contributed by atoms with E-state index in [0.29, 0.717) is 6.54 Å². The van der Waals surface area contributed by atoms with Gasteiger partial charge in [-0.15, -0.1) is 0 Å². The van der Waals surface area contributed by atoms with Crippen molar-refractivity contribution in [1.29, 1.82) is 0 Å². The van der Waals surface area contributed by atoms with Crippen LogP contribution < -0.4 is 0 Å². The number of carboxylic acids is 1. The number of carbonyl (C=O) groups excluding carboxylic acids is 1. The van der Waals surface area contributed by atoms with Gasteiger partial charge < -0.3 is 14.7 Å². The van der Waals surface area contributed by atoms with Crippen LogP contribution >= 0.6 is 0 Å². The van der Waals surface area contributed by atoms with Crippen molar-refractivity contribution in [3.8, 4) is 0 Å². The Morgan fingerprint density at radius 1 is 1.28 bits per heavy atom. The molecule has 1 atom stereocenters. The lowest BCUT2D eigenvalue weighted by molar-refractivity contribution is 0.00180. The van der Waals surface area contributed by atoms with Crippen LogP contribution in [0.5, 0.6) is 0 Å². The van der Waals surface area contributed by atoms with Crippen LogP contribution in [0.3, 0.4) is 0 Å². The first-order chi connectivity index (χ1) is 11.3. The standard InChI is InChI=1S/C20H29NO4/c1-12(2)16-14-9-8-13(17(22)23)10-15(14)20(6,7)11-21(16)18(24)25-19(3,4)5/h8-10,12,16H,11H2,1-7H3,(H,22,23). The number of ether oxygens (including phenoxy) is 1. The molecule has 1 N–H and O–H groups in total. The SMILES string of the molecule is CC(C)C1c2ccc(C(=O)O)cc2C(C)(C)CN1C(=O)OC(C)(C)C. The molecule has 0 saturated carbocycles. The second kappa shape index (κ2) is 6.36. The zero-order valence-electron chi connectivity index (χ0n) is 16.2. The van der Waals surface area contributed by atoms with Gasteiger partial charge in [-0.2, -0.15) is 0 Å². The molecule has 0 aliphatic carbocycles. The van der Waals surface area contributed by atoms with Crippen molar-refractivity contribution in [3.05, 3.63) is 34.9 Å². The number of fused-ring (bicyclic) bond motifs is 1. The number of carbonyl (C=O) groups is 2. The van der Waals surface area contributed by atoms with E-state index in [-0.39, 0.29) is 29.0 Å². The van der Waals surface area contributed by atoms with Gasteiger partial charge in [-0.3, -0.25) is 0 Å². The molecule has 1 amide bonds. The number of benzene rings is 1. The lowest BCUT2D eigenvalue weighted by atomic mass is 9.73. The Bertz CT molecular complexity index is 685. The van der Waals surface area contributed by atoms with Gasteiger partial charge in [-0.05, 0) is 49.9 Å². The van der Waals surface area contributed by atoms with Crippen LogP contribution in [0.2, 0.25) is 0 Å². The third kappa shape index (κ3) is 3.97. The van der Waals surface area contributed by atoms with Crippen LogP contribution in [0.1, 0.15) is 76.0 Å². The molecule has 5 heteroatoms. The van der Waals surface area contributed by atoms with Gasteiger partial charge in [0.1, 0.15) is 5.60 Å². The summed E-state index contributed by atoms with van der Waals surface area (Å²) in [5.41, 5.74) is 1.35. The van der Waals surface area contributed by atoms with E-state index in [1.807, 2.05) is 40.7 Å². The second-order valence-corrected chi connectivity index (χ2v) is 8.79. The van der Waals surface area contributed by atoms with Gasteiger partial charge in [0.25, 0.3) is 0 Å². The van der Waals surface area contributed by atoms with E-state index in [0.717, 1.165) is 11.1 Å². The zero-order chi connectivity index (χ0) is 19.2. The van der Waals surface area contributed by atoms with Crippen LogP contribution in [0.25, 0.3) is 0 Å². The van der Waals surface area contributed by atoms with E-state index in [4.69, 9.17) is 4.74 Å².